The zero-order valence-electron chi connectivity index (χ0n) is 11.4. The maximum atomic E-state index is 9.96. The van der Waals surface area contributed by atoms with Gasteiger partial charge in [0.2, 0.25) is 0 Å². The van der Waals surface area contributed by atoms with Crippen molar-refractivity contribution in [2.45, 2.75) is 46.0 Å². The minimum atomic E-state index is -0.675. The van der Waals surface area contributed by atoms with Crippen LogP contribution in [0.1, 0.15) is 46.0 Å². The summed E-state index contributed by atoms with van der Waals surface area (Å²) in [7, 11) is 2.08. The lowest BCUT2D eigenvalue weighted by Crippen LogP contribution is -2.21. The van der Waals surface area contributed by atoms with Crippen molar-refractivity contribution in [3.8, 4) is 0 Å². The molecule has 0 spiro atoms. The molecule has 0 atom stereocenters. The second-order valence-corrected chi connectivity index (χ2v) is 4.31. The second-order valence-electron chi connectivity index (χ2n) is 4.31. The number of carboxylic acid groups (broad SMARTS) is 1. The molecule has 0 saturated heterocycles. The van der Waals surface area contributed by atoms with Crippen LogP contribution in [0.4, 0.5) is 0 Å². The number of aliphatic carboxylic acids is 1. The highest BCUT2D eigenvalue weighted by Gasteiger charge is 2.03. The van der Waals surface area contributed by atoms with Gasteiger partial charge in [0.05, 0.1) is 6.67 Å². The van der Waals surface area contributed by atoms with Crippen molar-refractivity contribution in [1.29, 1.82) is 0 Å². The Hall–Kier alpha value is -1.19. The van der Waals surface area contributed by atoms with E-state index in [0.717, 1.165) is 32.5 Å². The Labute approximate surface area is 105 Å². The van der Waals surface area contributed by atoms with Gasteiger partial charge in [0.1, 0.15) is 0 Å². The van der Waals surface area contributed by atoms with Crippen LogP contribution in [0.25, 0.3) is 0 Å². The molecular formula is C13H26N2O2. The SMILES string of the molecule is CCCCCCC(=O)O.CCN1C=CN(C)C1. The Morgan fingerprint density at radius 2 is 1.94 bits per heavy atom. The molecule has 0 unspecified atom stereocenters. The predicted octanol–water partition coefficient (Wildman–Crippen LogP) is 2.72. The van der Waals surface area contributed by atoms with Gasteiger partial charge in [-0.3, -0.25) is 4.79 Å². The summed E-state index contributed by atoms with van der Waals surface area (Å²) in [6, 6.07) is 0. The van der Waals surface area contributed by atoms with E-state index in [-0.39, 0.29) is 0 Å². The number of carbonyl (C=O) groups is 1. The van der Waals surface area contributed by atoms with E-state index in [1.54, 1.807) is 0 Å². The standard InChI is InChI=1S/C7H14O2.C6H12N2/c1-2-3-4-5-6-7(8)9;1-3-8-5-4-7(2)6-8/h2-6H2,1H3,(H,8,9);4-5H,3,6H2,1-2H3. The van der Waals surface area contributed by atoms with E-state index in [1.165, 1.54) is 6.42 Å². The molecule has 1 N–H and O–H groups in total. The molecule has 4 nitrogen and oxygen atoms in total. The van der Waals surface area contributed by atoms with Crippen LogP contribution in [0.5, 0.6) is 0 Å². The average Bonchev–Trinajstić information content (AvgIpc) is 2.71. The normalized spacial score (nSPS) is 13.6. The third kappa shape index (κ3) is 9.72. The molecule has 0 aromatic rings. The van der Waals surface area contributed by atoms with Gasteiger partial charge in [0.25, 0.3) is 0 Å². The fourth-order valence-corrected chi connectivity index (χ4v) is 1.50. The molecule has 0 aromatic carbocycles. The molecule has 1 aliphatic heterocycles. The van der Waals surface area contributed by atoms with Gasteiger partial charge >= 0.3 is 5.97 Å². The summed E-state index contributed by atoms with van der Waals surface area (Å²) < 4.78 is 0. The van der Waals surface area contributed by atoms with E-state index in [4.69, 9.17) is 5.11 Å². The Morgan fingerprint density at radius 1 is 1.24 bits per heavy atom. The summed E-state index contributed by atoms with van der Waals surface area (Å²) >= 11 is 0. The number of carboxylic acids is 1. The number of rotatable bonds is 6. The number of hydrogen-bond donors (Lipinski definition) is 1. The van der Waals surface area contributed by atoms with E-state index in [0.29, 0.717) is 6.42 Å². The molecule has 0 amide bonds. The summed E-state index contributed by atoms with van der Waals surface area (Å²) in [5.41, 5.74) is 0. The van der Waals surface area contributed by atoms with Gasteiger partial charge in [-0.15, -0.1) is 0 Å². The van der Waals surface area contributed by atoms with E-state index >= 15 is 0 Å². The smallest absolute Gasteiger partial charge is 0.303 e. The third-order valence-electron chi connectivity index (χ3n) is 2.59. The Morgan fingerprint density at radius 3 is 2.29 bits per heavy atom. The number of nitrogens with zero attached hydrogens (tertiary/aromatic N) is 2. The van der Waals surface area contributed by atoms with Gasteiger partial charge in [-0.25, -0.2) is 0 Å². The summed E-state index contributed by atoms with van der Waals surface area (Å²) in [5.74, 6) is -0.675. The highest BCUT2D eigenvalue weighted by Crippen LogP contribution is 2.01. The molecule has 0 saturated carbocycles. The van der Waals surface area contributed by atoms with E-state index < -0.39 is 5.97 Å². The van der Waals surface area contributed by atoms with E-state index in [2.05, 4.69) is 43.1 Å². The summed E-state index contributed by atoms with van der Waals surface area (Å²) in [6.07, 6.45) is 8.75. The van der Waals surface area contributed by atoms with Gasteiger partial charge in [-0.05, 0) is 13.3 Å². The van der Waals surface area contributed by atoms with Crippen LogP contribution in [-0.2, 0) is 4.79 Å². The van der Waals surface area contributed by atoms with Crippen molar-refractivity contribution in [2.24, 2.45) is 0 Å². The summed E-state index contributed by atoms with van der Waals surface area (Å²) in [6.45, 7) is 6.43. The largest absolute Gasteiger partial charge is 0.481 e. The quantitative estimate of drug-likeness (QED) is 0.727. The van der Waals surface area contributed by atoms with E-state index in [9.17, 15) is 4.79 Å². The highest BCUT2D eigenvalue weighted by atomic mass is 16.4. The zero-order chi connectivity index (χ0) is 13.1. The van der Waals surface area contributed by atoms with Gasteiger partial charge < -0.3 is 14.9 Å². The number of hydrogen-bond acceptors (Lipinski definition) is 3. The minimum absolute atomic E-state index is 0.333. The first-order chi connectivity index (χ1) is 8.10. The molecule has 0 aromatic heterocycles. The second kappa shape index (κ2) is 10.00. The van der Waals surface area contributed by atoms with Gasteiger partial charge in [0.15, 0.2) is 0 Å². The Bertz CT molecular complexity index is 229. The van der Waals surface area contributed by atoms with Crippen LogP contribution in [-0.4, -0.2) is 41.1 Å². The molecule has 1 heterocycles. The van der Waals surface area contributed by atoms with Crippen molar-refractivity contribution in [3.63, 3.8) is 0 Å². The maximum absolute atomic E-state index is 9.96. The lowest BCUT2D eigenvalue weighted by Gasteiger charge is -2.14. The zero-order valence-corrected chi connectivity index (χ0v) is 11.4. The van der Waals surface area contributed by atoms with E-state index in [1.807, 2.05) is 0 Å². The highest BCUT2D eigenvalue weighted by molar-refractivity contribution is 5.66. The summed E-state index contributed by atoms with van der Waals surface area (Å²) in [4.78, 5) is 14.4. The molecule has 100 valence electrons. The van der Waals surface area contributed by atoms with Crippen molar-refractivity contribution in [2.75, 3.05) is 20.3 Å². The lowest BCUT2D eigenvalue weighted by atomic mass is 10.2. The molecule has 1 rings (SSSR count). The predicted molar refractivity (Wildman–Crippen MR) is 70.5 cm³/mol. The molecular weight excluding hydrogens is 216 g/mol. The minimum Gasteiger partial charge on any atom is -0.481 e. The van der Waals surface area contributed by atoms with Crippen LogP contribution in [0.15, 0.2) is 12.4 Å². The summed E-state index contributed by atoms with van der Waals surface area (Å²) in [5, 5.41) is 8.21. The average molecular weight is 242 g/mol. The monoisotopic (exact) mass is 242 g/mol. The first-order valence-electron chi connectivity index (χ1n) is 6.44. The Kier molecular flexibility index (Phi) is 9.30. The first kappa shape index (κ1) is 15.8. The Balaban J connectivity index is 0.000000302. The molecule has 0 fully saturated rings. The van der Waals surface area contributed by atoms with Gasteiger partial charge in [-0.2, -0.15) is 0 Å². The maximum Gasteiger partial charge on any atom is 0.303 e. The number of unbranched alkanes of at least 4 members (excludes halogenated alkanes) is 3. The third-order valence-corrected chi connectivity index (χ3v) is 2.59. The van der Waals surface area contributed by atoms with Crippen molar-refractivity contribution >= 4 is 5.97 Å². The van der Waals surface area contributed by atoms with Crippen LogP contribution in [0.2, 0.25) is 0 Å². The van der Waals surface area contributed by atoms with Crippen LogP contribution in [0, 0.1) is 0 Å². The molecule has 0 aliphatic carbocycles. The van der Waals surface area contributed by atoms with Gasteiger partial charge in [-0.1, -0.05) is 26.2 Å². The first-order valence-corrected chi connectivity index (χ1v) is 6.44. The molecule has 0 bridgehead atoms. The van der Waals surface area contributed by atoms with Crippen LogP contribution >= 0.6 is 0 Å². The topological polar surface area (TPSA) is 43.8 Å². The fraction of sp³-hybridized carbons (Fsp3) is 0.769. The fourth-order valence-electron chi connectivity index (χ4n) is 1.50. The molecule has 4 heteroatoms. The molecule has 1 aliphatic rings. The van der Waals surface area contributed by atoms with Crippen molar-refractivity contribution in [3.05, 3.63) is 12.4 Å². The van der Waals surface area contributed by atoms with Crippen molar-refractivity contribution < 1.29 is 9.90 Å². The molecule has 17 heavy (non-hydrogen) atoms. The van der Waals surface area contributed by atoms with Gasteiger partial charge in [0, 0.05) is 32.4 Å². The molecule has 0 radical (unpaired) electrons. The van der Waals surface area contributed by atoms with Crippen molar-refractivity contribution in [1.82, 2.24) is 9.80 Å². The van der Waals surface area contributed by atoms with Crippen LogP contribution in [0.3, 0.4) is 0 Å². The lowest BCUT2D eigenvalue weighted by molar-refractivity contribution is -0.137. The van der Waals surface area contributed by atoms with Crippen LogP contribution < -0.4 is 0 Å².